The van der Waals surface area contributed by atoms with Crippen LogP contribution in [-0.2, 0) is 0 Å². The van der Waals surface area contributed by atoms with Crippen molar-refractivity contribution >= 4 is 0 Å². The molecule has 18 heavy (non-hydrogen) atoms. The molecule has 2 rings (SSSR count). The summed E-state index contributed by atoms with van der Waals surface area (Å²) in [5, 5.41) is 9.99. The minimum Gasteiger partial charge on any atom is -0.507 e. The van der Waals surface area contributed by atoms with E-state index in [0.717, 1.165) is 12.8 Å². The fraction of sp³-hybridized carbons (Fsp3) is 0.533. The Balaban J connectivity index is 2.47. The lowest BCUT2D eigenvalue weighted by Gasteiger charge is -2.38. The van der Waals surface area contributed by atoms with Crippen molar-refractivity contribution < 1.29 is 5.11 Å². The summed E-state index contributed by atoms with van der Waals surface area (Å²) in [6.07, 6.45) is 5.54. The molecule has 4 atom stereocenters. The van der Waals surface area contributed by atoms with Crippen LogP contribution in [0.3, 0.4) is 0 Å². The van der Waals surface area contributed by atoms with Crippen LogP contribution in [0.5, 0.6) is 5.75 Å². The molecule has 0 aromatic carbocycles. The first-order valence-corrected chi connectivity index (χ1v) is 6.57. The summed E-state index contributed by atoms with van der Waals surface area (Å²) in [5.41, 5.74) is 0.357. The molecule has 0 spiro atoms. The van der Waals surface area contributed by atoms with Gasteiger partial charge in [0.15, 0.2) is 0 Å². The second-order valence-corrected chi connectivity index (χ2v) is 5.58. The van der Waals surface area contributed by atoms with E-state index in [4.69, 9.17) is 0 Å². The maximum atomic E-state index is 12.0. The molecule has 0 radical (unpaired) electrons. The van der Waals surface area contributed by atoms with Crippen LogP contribution < -0.4 is 5.56 Å². The number of aromatic hydroxyl groups is 1. The van der Waals surface area contributed by atoms with Gasteiger partial charge in [-0.2, -0.15) is 0 Å². The Labute approximate surface area is 108 Å². The first-order chi connectivity index (χ1) is 8.54. The van der Waals surface area contributed by atoms with E-state index in [0.29, 0.717) is 17.4 Å². The number of aromatic amines is 1. The standard InChI is InChI=1S/C15H21NO2/c1-4-11-8-9(2)7-10(3)13(11)14-12(17)5-6-16-15(14)18/h4-6,9-11,13H,1,7-8H2,2-3H3,(H2,16,17,18)/t9-,10+,11-,13-/m1/s1. The van der Waals surface area contributed by atoms with Crippen molar-refractivity contribution in [3.63, 3.8) is 0 Å². The van der Waals surface area contributed by atoms with Crippen LogP contribution in [0.25, 0.3) is 0 Å². The van der Waals surface area contributed by atoms with Gasteiger partial charge in [0.2, 0.25) is 0 Å². The zero-order valence-electron chi connectivity index (χ0n) is 11.0. The lowest BCUT2D eigenvalue weighted by Crippen LogP contribution is -2.31. The molecule has 3 heteroatoms. The third kappa shape index (κ3) is 2.22. The Morgan fingerprint density at radius 2 is 2.17 bits per heavy atom. The molecule has 0 bridgehead atoms. The average molecular weight is 247 g/mol. The van der Waals surface area contributed by atoms with E-state index in [9.17, 15) is 9.90 Å². The lowest BCUT2D eigenvalue weighted by atomic mass is 9.66. The first-order valence-electron chi connectivity index (χ1n) is 6.57. The molecule has 1 aliphatic carbocycles. The summed E-state index contributed by atoms with van der Waals surface area (Å²) in [7, 11) is 0. The lowest BCUT2D eigenvalue weighted by molar-refractivity contribution is 0.207. The second kappa shape index (κ2) is 5.01. The summed E-state index contributed by atoms with van der Waals surface area (Å²) in [5.74, 6) is 1.47. The van der Waals surface area contributed by atoms with E-state index in [2.05, 4.69) is 25.4 Å². The van der Waals surface area contributed by atoms with Crippen molar-refractivity contribution in [3.05, 3.63) is 40.8 Å². The second-order valence-electron chi connectivity index (χ2n) is 5.58. The van der Waals surface area contributed by atoms with Gasteiger partial charge < -0.3 is 10.1 Å². The van der Waals surface area contributed by atoms with E-state index in [1.807, 2.05) is 6.08 Å². The Morgan fingerprint density at radius 1 is 1.44 bits per heavy atom. The van der Waals surface area contributed by atoms with Crippen LogP contribution >= 0.6 is 0 Å². The maximum Gasteiger partial charge on any atom is 0.255 e. The molecular weight excluding hydrogens is 226 g/mol. The van der Waals surface area contributed by atoms with Gasteiger partial charge in [-0.1, -0.05) is 19.9 Å². The molecule has 98 valence electrons. The normalized spacial score (nSPS) is 32.1. The average Bonchev–Trinajstić information content (AvgIpc) is 2.30. The van der Waals surface area contributed by atoms with Gasteiger partial charge >= 0.3 is 0 Å². The Morgan fingerprint density at radius 3 is 2.78 bits per heavy atom. The topological polar surface area (TPSA) is 53.1 Å². The number of pyridine rings is 1. The summed E-state index contributed by atoms with van der Waals surface area (Å²) >= 11 is 0. The highest BCUT2D eigenvalue weighted by atomic mass is 16.3. The fourth-order valence-corrected chi connectivity index (χ4v) is 3.45. The predicted octanol–water partition coefficient (Wildman–Crippen LogP) is 3.03. The van der Waals surface area contributed by atoms with Crippen LogP contribution in [0.4, 0.5) is 0 Å². The molecule has 1 aliphatic rings. The number of aromatic nitrogens is 1. The van der Waals surface area contributed by atoms with Gasteiger partial charge in [-0.3, -0.25) is 4.79 Å². The van der Waals surface area contributed by atoms with Gasteiger partial charge in [0.1, 0.15) is 5.75 Å². The molecule has 0 unspecified atom stereocenters. The minimum atomic E-state index is -0.173. The highest BCUT2D eigenvalue weighted by Crippen LogP contribution is 2.45. The molecule has 1 heterocycles. The van der Waals surface area contributed by atoms with Gasteiger partial charge in [0.05, 0.1) is 5.56 Å². The molecule has 1 fully saturated rings. The van der Waals surface area contributed by atoms with Gasteiger partial charge in [-0.25, -0.2) is 0 Å². The van der Waals surface area contributed by atoms with Crippen molar-refractivity contribution in [3.8, 4) is 5.75 Å². The van der Waals surface area contributed by atoms with Gasteiger partial charge in [0, 0.05) is 12.1 Å². The van der Waals surface area contributed by atoms with Crippen LogP contribution in [0.15, 0.2) is 29.7 Å². The highest BCUT2D eigenvalue weighted by Gasteiger charge is 2.36. The van der Waals surface area contributed by atoms with Crippen molar-refractivity contribution in [2.45, 2.75) is 32.6 Å². The van der Waals surface area contributed by atoms with E-state index in [1.54, 1.807) is 6.07 Å². The quantitative estimate of drug-likeness (QED) is 0.789. The summed E-state index contributed by atoms with van der Waals surface area (Å²) in [6, 6.07) is 1.56. The Hall–Kier alpha value is -1.51. The van der Waals surface area contributed by atoms with Crippen LogP contribution in [-0.4, -0.2) is 10.1 Å². The number of H-pyrrole nitrogens is 1. The monoisotopic (exact) mass is 247 g/mol. The fourth-order valence-electron chi connectivity index (χ4n) is 3.45. The zero-order chi connectivity index (χ0) is 13.3. The van der Waals surface area contributed by atoms with E-state index in [-0.39, 0.29) is 23.1 Å². The number of nitrogens with one attached hydrogen (secondary N) is 1. The minimum absolute atomic E-state index is 0.0728. The van der Waals surface area contributed by atoms with Crippen LogP contribution in [0.1, 0.15) is 38.2 Å². The third-order valence-electron chi connectivity index (χ3n) is 4.14. The van der Waals surface area contributed by atoms with Crippen molar-refractivity contribution in [1.82, 2.24) is 4.98 Å². The predicted molar refractivity (Wildman–Crippen MR) is 72.7 cm³/mol. The van der Waals surface area contributed by atoms with Gasteiger partial charge in [0.25, 0.3) is 5.56 Å². The summed E-state index contributed by atoms with van der Waals surface area (Å²) in [4.78, 5) is 14.6. The Kier molecular flexibility index (Phi) is 3.60. The molecule has 1 saturated carbocycles. The molecule has 0 saturated heterocycles. The molecule has 2 N–H and O–H groups in total. The number of hydrogen-bond donors (Lipinski definition) is 2. The summed E-state index contributed by atoms with van der Waals surface area (Å²) in [6.45, 7) is 8.28. The molecular formula is C15H21NO2. The number of rotatable bonds is 2. The third-order valence-corrected chi connectivity index (χ3v) is 4.14. The zero-order valence-corrected chi connectivity index (χ0v) is 11.0. The van der Waals surface area contributed by atoms with E-state index < -0.39 is 0 Å². The maximum absolute atomic E-state index is 12.0. The molecule has 1 aromatic heterocycles. The molecule has 3 nitrogen and oxygen atoms in total. The summed E-state index contributed by atoms with van der Waals surface area (Å²) < 4.78 is 0. The van der Waals surface area contributed by atoms with Crippen LogP contribution in [0.2, 0.25) is 0 Å². The molecule has 0 aliphatic heterocycles. The number of hydrogen-bond acceptors (Lipinski definition) is 2. The smallest absolute Gasteiger partial charge is 0.255 e. The van der Waals surface area contributed by atoms with Crippen LogP contribution in [0, 0.1) is 17.8 Å². The largest absolute Gasteiger partial charge is 0.507 e. The Bertz CT molecular complexity index is 492. The molecule has 1 aromatic rings. The first kappa shape index (κ1) is 12.9. The molecule has 0 amide bonds. The van der Waals surface area contributed by atoms with E-state index in [1.165, 1.54) is 6.20 Å². The SMILES string of the molecule is C=C[C@@H]1C[C@H](C)C[C@H](C)[C@H]1c1c(O)cc[nH]c1=O. The van der Waals surface area contributed by atoms with E-state index >= 15 is 0 Å². The highest BCUT2D eigenvalue weighted by molar-refractivity contribution is 5.34. The van der Waals surface area contributed by atoms with Gasteiger partial charge in [-0.15, -0.1) is 6.58 Å². The van der Waals surface area contributed by atoms with Crippen molar-refractivity contribution in [2.75, 3.05) is 0 Å². The van der Waals surface area contributed by atoms with Crippen molar-refractivity contribution in [2.24, 2.45) is 17.8 Å². The van der Waals surface area contributed by atoms with Crippen molar-refractivity contribution in [1.29, 1.82) is 0 Å². The van der Waals surface area contributed by atoms with Gasteiger partial charge in [-0.05, 0) is 36.7 Å². The number of allylic oxidation sites excluding steroid dienone is 1.